The molecule has 0 radical (unpaired) electrons. The fraction of sp³-hybridized carbons (Fsp3) is 0.333. The number of hydrogen-bond donors (Lipinski definition) is 3. The molecule has 0 aliphatic rings. The molecule has 1 unspecified atom stereocenters. The van der Waals surface area contributed by atoms with Gasteiger partial charge in [0.05, 0.1) is 24.0 Å². The fourth-order valence-electron chi connectivity index (χ4n) is 3.10. The molecule has 1 aromatic heterocycles. The Morgan fingerprint density at radius 2 is 1.89 bits per heavy atom. The molecular weight excluding hydrogens is 338 g/mol. The first-order chi connectivity index (χ1) is 13.3. The third-order valence-corrected chi connectivity index (χ3v) is 4.63. The number of aliphatic hydroxyl groups is 1. The Labute approximate surface area is 160 Å². The first kappa shape index (κ1) is 18.9. The maximum absolute atomic E-state index is 9.66. The SMILES string of the molecule is CN=C(NCCCn1cnc2ccccc21)NCC(CO)c1ccccc1. The maximum atomic E-state index is 9.66. The lowest BCUT2D eigenvalue weighted by Gasteiger charge is -2.18. The molecule has 6 nitrogen and oxygen atoms in total. The van der Waals surface area contributed by atoms with Crippen molar-refractivity contribution in [3.05, 3.63) is 66.5 Å². The van der Waals surface area contributed by atoms with Gasteiger partial charge in [-0.25, -0.2) is 4.98 Å². The zero-order chi connectivity index (χ0) is 18.9. The van der Waals surface area contributed by atoms with Crippen molar-refractivity contribution in [3.8, 4) is 0 Å². The van der Waals surface area contributed by atoms with Gasteiger partial charge in [0.25, 0.3) is 0 Å². The minimum atomic E-state index is 0.0436. The molecule has 0 amide bonds. The zero-order valence-corrected chi connectivity index (χ0v) is 15.7. The second-order valence-corrected chi connectivity index (χ2v) is 6.45. The van der Waals surface area contributed by atoms with Gasteiger partial charge in [0.1, 0.15) is 0 Å². The summed E-state index contributed by atoms with van der Waals surface area (Å²) < 4.78 is 2.17. The van der Waals surface area contributed by atoms with E-state index in [0.717, 1.165) is 42.1 Å². The van der Waals surface area contributed by atoms with Gasteiger partial charge in [-0.2, -0.15) is 0 Å². The smallest absolute Gasteiger partial charge is 0.191 e. The number of aromatic nitrogens is 2. The molecule has 1 heterocycles. The van der Waals surface area contributed by atoms with Gasteiger partial charge in [0, 0.05) is 32.6 Å². The standard InChI is InChI=1S/C21H27N5O/c1-22-21(24-14-18(15-27)17-8-3-2-4-9-17)23-12-7-13-26-16-25-19-10-5-6-11-20(19)26/h2-6,8-11,16,18,27H,7,12-15H2,1H3,(H2,22,23,24). The molecule has 0 fully saturated rings. The molecule has 142 valence electrons. The number of benzene rings is 2. The van der Waals surface area contributed by atoms with Crippen LogP contribution in [0.5, 0.6) is 0 Å². The summed E-state index contributed by atoms with van der Waals surface area (Å²) in [6, 6.07) is 18.2. The van der Waals surface area contributed by atoms with E-state index in [1.807, 2.05) is 54.9 Å². The van der Waals surface area contributed by atoms with Crippen molar-refractivity contribution in [2.24, 2.45) is 4.99 Å². The number of aryl methyl sites for hydroxylation is 1. The highest BCUT2D eigenvalue weighted by molar-refractivity contribution is 5.79. The van der Waals surface area contributed by atoms with Crippen molar-refractivity contribution >= 4 is 17.0 Å². The van der Waals surface area contributed by atoms with Crippen LogP contribution in [0.3, 0.4) is 0 Å². The molecule has 6 heteroatoms. The largest absolute Gasteiger partial charge is 0.396 e. The first-order valence-electron chi connectivity index (χ1n) is 9.32. The van der Waals surface area contributed by atoms with Gasteiger partial charge in [0.15, 0.2) is 5.96 Å². The summed E-state index contributed by atoms with van der Waals surface area (Å²) in [6.07, 6.45) is 2.85. The number of guanidine groups is 1. The molecular formula is C21H27N5O. The van der Waals surface area contributed by atoms with Crippen molar-refractivity contribution < 1.29 is 5.11 Å². The molecule has 0 aliphatic carbocycles. The molecule has 0 spiro atoms. The van der Waals surface area contributed by atoms with Crippen molar-refractivity contribution in [1.82, 2.24) is 20.2 Å². The van der Waals surface area contributed by atoms with Gasteiger partial charge in [-0.3, -0.25) is 4.99 Å². The number of para-hydroxylation sites is 2. The van der Waals surface area contributed by atoms with Crippen LogP contribution in [0.25, 0.3) is 11.0 Å². The van der Waals surface area contributed by atoms with E-state index in [4.69, 9.17) is 0 Å². The number of aliphatic imine (C=N–C) groups is 1. The average molecular weight is 365 g/mol. The summed E-state index contributed by atoms with van der Waals surface area (Å²) >= 11 is 0. The number of nitrogens with zero attached hydrogens (tertiary/aromatic N) is 3. The third-order valence-electron chi connectivity index (χ3n) is 4.63. The van der Waals surface area contributed by atoms with Crippen LogP contribution in [0.4, 0.5) is 0 Å². The molecule has 3 aromatic rings. The molecule has 27 heavy (non-hydrogen) atoms. The predicted octanol–water partition coefficient (Wildman–Crippen LogP) is 2.37. The van der Waals surface area contributed by atoms with Gasteiger partial charge >= 0.3 is 0 Å². The van der Waals surface area contributed by atoms with Crippen LogP contribution in [0.1, 0.15) is 17.9 Å². The van der Waals surface area contributed by atoms with Gasteiger partial charge < -0.3 is 20.3 Å². The van der Waals surface area contributed by atoms with E-state index in [1.165, 1.54) is 0 Å². The molecule has 3 rings (SSSR count). The number of nitrogens with one attached hydrogen (secondary N) is 2. The summed E-state index contributed by atoms with van der Waals surface area (Å²) in [5.41, 5.74) is 3.31. The highest BCUT2D eigenvalue weighted by atomic mass is 16.3. The van der Waals surface area contributed by atoms with Gasteiger partial charge in [-0.15, -0.1) is 0 Å². The van der Waals surface area contributed by atoms with E-state index in [-0.39, 0.29) is 12.5 Å². The molecule has 2 aromatic carbocycles. The Morgan fingerprint density at radius 3 is 2.67 bits per heavy atom. The van der Waals surface area contributed by atoms with E-state index in [2.05, 4.69) is 31.2 Å². The summed E-state index contributed by atoms with van der Waals surface area (Å²) in [6.45, 7) is 2.43. The number of rotatable bonds is 8. The Morgan fingerprint density at radius 1 is 1.11 bits per heavy atom. The molecule has 1 atom stereocenters. The number of fused-ring (bicyclic) bond motifs is 1. The van der Waals surface area contributed by atoms with Crippen molar-refractivity contribution in [2.45, 2.75) is 18.9 Å². The normalized spacial score (nSPS) is 12.9. The topological polar surface area (TPSA) is 74.5 Å². The average Bonchev–Trinajstić information content (AvgIpc) is 3.14. The second-order valence-electron chi connectivity index (χ2n) is 6.45. The predicted molar refractivity (Wildman–Crippen MR) is 110 cm³/mol. The monoisotopic (exact) mass is 365 g/mol. The van der Waals surface area contributed by atoms with Crippen molar-refractivity contribution in [1.29, 1.82) is 0 Å². The Bertz CT molecular complexity index is 859. The van der Waals surface area contributed by atoms with E-state index >= 15 is 0 Å². The number of aliphatic hydroxyl groups excluding tert-OH is 1. The van der Waals surface area contributed by atoms with Crippen molar-refractivity contribution in [2.75, 3.05) is 26.7 Å². The summed E-state index contributed by atoms with van der Waals surface area (Å²) in [7, 11) is 1.76. The minimum Gasteiger partial charge on any atom is -0.396 e. The number of imidazole rings is 1. The first-order valence-corrected chi connectivity index (χ1v) is 9.32. The highest BCUT2D eigenvalue weighted by Crippen LogP contribution is 2.13. The highest BCUT2D eigenvalue weighted by Gasteiger charge is 2.10. The second kappa shape index (κ2) is 9.73. The van der Waals surface area contributed by atoms with Crippen LogP contribution in [-0.2, 0) is 6.54 Å². The Balaban J connectivity index is 1.44. The Kier molecular flexibility index (Phi) is 6.82. The van der Waals surface area contributed by atoms with E-state index < -0.39 is 0 Å². The zero-order valence-electron chi connectivity index (χ0n) is 15.7. The lowest BCUT2D eigenvalue weighted by atomic mass is 10.0. The van der Waals surface area contributed by atoms with Gasteiger partial charge in [0.2, 0.25) is 0 Å². The number of hydrogen-bond acceptors (Lipinski definition) is 3. The summed E-state index contributed by atoms with van der Waals surface area (Å²) in [5.74, 6) is 0.793. The summed E-state index contributed by atoms with van der Waals surface area (Å²) in [5, 5.41) is 16.3. The summed E-state index contributed by atoms with van der Waals surface area (Å²) in [4.78, 5) is 8.68. The quantitative estimate of drug-likeness (QED) is 0.325. The van der Waals surface area contributed by atoms with Crippen LogP contribution in [-0.4, -0.2) is 47.4 Å². The molecule has 0 bridgehead atoms. The van der Waals surface area contributed by atoms with Gasteiger partial charge in [-0.05, 0) is 24.1 Å². The van der Waals surface area contributed by atoms with Crippen LogP contribution < -0.4 is 10.6 Å². The molecule has 3 N–H and O–H groups in total. The van der Waals surface area contributed by atoms with Crippen molar-refractivity contribution in [3.63, 3.8) is 0 Å². The maximum Gasteiger partial charge on any atom is 0.191 e. The lowest BCUT2D eigenvalue weighted by Crippen LogP contribution is -2.40. The van der Waals surface area contributed by atoms with Crippen LogP contribution in [0.2, 0.25) is 0 Å². The third kappa shape index (κ3) is 5.08. The molecule has 0 saturated carbocycles. The van der Waals surface area contributed by atoms with Crippen LogP contribution >= 0.6 is 0 Å². The van der Waals surface area contributed by atoms with Crippen LogP contribution in [0, 0.1) is 0 Å². The molecule has 0 aliphatic heterocycles. The van der Waals surface area contributed by atoms with E-state index in [9.17, 15) is 5.11 Å². The van der Waals surface area contributed by atoms with E-state index in [1.54, 1.807) is 7.05 Å². The van der Waals surface area contributed by atoms with Gasteiger partial charge in [-0.1, -0.05) is 42.5 Å². The lowest BCUT2D eigenvalue weighted by molar-refractivity contribution is 0.265. The van der Waals surface area contributed by atoms with E-state index in [0.29, 0.717) is 6.54 Å². The molecule has 0 saturated heterocycles. The van der Waals surface area contributed by atoms with Crippen LogP contribution in [0.15, 0.2) is 65.9 Å². The Hall–Kier alpha value is -2.86. The minimum absolute atomic E-state index is 0.0436. The fourth-order valence-corrected chi connectivity index (χ4v) is 3.10.